The van der Waals surface area contributed by atoms with Gasteiger partial charge in [0.2, 0.25) is 5.91 Å². The molecule has 0 aliphatic carbocycles. The number of nitrogens with one attached hydrogen (secondary N) is 1. The Morgan fingerprint density at radius 1 is 1.10 bits per heavy atom. The number of H-pyrrole nitrogens is 1. The number of fused-ring (bicyclic) bond motifs is 1. The molecule has 0 radical (unpaired) electrons. The van der Waals surface area contributed by atoms with Crippen molar-refractivity contribution in [3.05, 3.63) is 74.8 Å². The van der Waals surface area contributed by atoms with Gasteiger partial charge in [-0.05, 0) is 55.2 Å². The van der Waals surface area contributed by atoms with E-state index in [9.17, 15) is 14.4 Å². The summed E-state index contributed by atoms with van der Waals surface area (Å²) in [5, 5.41) is 0.491. The van der Waals surface area contributed by atoms with Gasteiger partial charge in [-0.1, -0.05) is 30.3 Å². The van der Waals surface area contributed by atoms with Gasteiger partial charge < -0.3 is 15.6 Å². The molecule has 4 rings (SSSR count). The predicted octanol–water partition coefficient (Wildman–Crippen LogP) is 2.64. The number of likely N-dealkylation sites (tertiary alicyclic amines) is 1. The van der Waals surface area contributed by atoms with Crippen molar-refractivity contribution in [3.63, 3.8) is 0 Å². The van der Waals surface area contributed by atoms with E-state index in [2.05, 4.69) is 4.98 Å². The average molecular weight is 437 g/mol. The Morgan fingerprint density at radius 2 is 1.81 bits per heavy atom. The van der Waals surface area contributed by atoms with Gasteiger partial charge in [0.1, 0.15) is 0 Å². The highest BCUT2D eigenvalue weighted by atomic mass is 32.1. The zero-order valence-corrected chi connectivity index (χ0v) is 17.9. The zero-order chi connectivity index (χ0) is 22.0. The van der Waals surface area contributed by atoms with Crippen LogP contribution in [0.3, 0.4) is 0 Å². The Hall–Kier alpha value is -3.26. The maximum atomic E-state index is 13.0. The van der Waals surface area contributed by atoms with Gasteiger partial charge >= 0.3 is 0 Å². The number of hydrogen-bond acceptors (Lipinski definition) is 4. The first-order chi connectivity index (χ1) is 14.9. The number of aromatic amines is 1. The molecular weight excluding hydrogens is 412 g/mol. The summed E-state index contributed by atoms with van der Waals surface area (Å²) < 4.78 is 1.89. The van der Waals surface area contributed by atoms with E-state index in [-0.39, 0.29) is 23.3 Å². The minimum absolute atomic E-state index is 0.127. The number of piperidine rings is 1. The maximum Gasteiger partial charge on any atom is 0.262 e. The molecular formula is C23H24N4O3S. The third-order valence-electron chi connectivity index (χ3n) is 5.88. The Kier molecular flexibility index (Phi) is 5.99. The normalized spacial score (nSPS) is 14.6. The van der Waals surface area contributed by atoms with Crippen molar-refractivity contribution in [1.29, 1.82) is 0 Å². The number of nitrogens with zero attached hydrogens (tertiary/aromatic N) is 2. The van der Waals surface area contributed by atoms with E-state index < -0.39 is 0 Å². The molecule has 0 unspecified atom stereocenters. The van der Waals surface area contributed by atoms with Crippen LogP contribution in [0.15, 0.2) is 53.3 Å². The fraction of sp³-hybridized carbons (Fsp3) is 0.304. The third kappa shape index (κ3) is 4.44. The number of rotatable bonds is 5. The summed E-state index contributed by atoms with van der Waals surface area (Å²) in [5.74, 6) is -0.613. The van der Waals surface area contributed by atoms with Crippen molar-refractivity contribution in [2.75, 3.05) is 13.1 Å². The van der Waals surface area contributed by atoms with Gasteiger partial charge in [-0.3, -0.25) is 19.0 Å². The van der Waals surface area contributed by atoms with Crippen LogP contribution in [0.25, 0.3) is 10.9 Å². The van der Waals surface area contributed by atoms with Crippen molar-refractivity contribution in [2.45, 2.75) is 25.8 Å². The number of aryl methyl sites for hydroxylation is 1. The maximum absolute atomic E-state index is 13.0. The second-order valence-electron chi connectivity index (χ2n) is 7.85. The number of nitrogens with two attached hydrogens (primary N) is 1. The minimum Gasteiger partial charge on any atom is -0.369 e. The van der Waals surface area contributed by atoms with Crippen LogP contribution in [0.4, 0.5) is 0 Å². The molecule has 1 saturated heterocycles. The van der Waals surface area contributed by atoms with E-state index in [1.165, 1.54) is 0 Å². The van der Waals surface area contributed by atoms with E-state index >= 15 is 0 Å². The van der Waals surface area contributed by atoms with Crippen LogP contribution in [-0.2, 0) is 17.8 Å². The smallest absolute Gasteiger partial charge is 0.262 e. The van der Waals surface area contributed by atoms with Crippen LogP contribution in [0.5, 0.6) is 0 Å². The number of amides is 2. The molecule has 0 atom stereocenters. The first-order valence-corrected chi connectivity index (χ1v) is 10.7. The summed E-state index contributed by atoms with van der Waals surface area (Å²) in [6, 6.07) is 14.9. The molecule has 31 heavy (non-hydrogen) atoms. The second-order valence-corrected chi connectivity index (χ2v) is 8.24. The van der Waals surface area contributed by atoms with Crippen LogP contribution in [0.1, 0.15) is 28.8 Å². The van der Waals surface area contributed by atoms with Crippen molar-refractivity contribution >= 4 is 34.9 Å². The number of primary amides is 1. The first kappa shape index (κ1) is 21.0. The fourth-order valence-corrected chi connectivity index (χ4v) is 4.31. The van der Waals surface area contributed by atoms with E-state index in [0.717, 1.165) is 5.56 Å². The number of hydrogen-bond donors (Lipinski definition) is 2. The number of aromatic nitrogens is 2. The standard InChI is InChI=1S/C23H24N4O3S/c24-20(28)16-9-11-26(12-10-16)21(29)17-6-7-18-19(14-17)25-23(31)27(22(18)30)13-8-15-4-2-1-3-5-15/h1-7,14,16H,8-13H2,(H2,24,28)(H,25,31). The van der Waals surface area contributed by atoms with Crippen molar-refractivity contribution in [3.8, 4) is 0 Å². The monoisotopic (exact) mass is 436 g/mol. The highest BCUT2D eigenvalue weighted by Crippen LogP contribution is 2.20. The van der Waals surface area contributed by atoms with E-state index in [1.54, 1.807) is 27.7 Å². The van der Waals surface area contributed by atoms with Crippen LogP contribution in [0, 0.1) is 10.7 Å². The summed E-state index contributed by atoms with van der Waals surface area (Å²) in [6.07, 6.45) is 1.84. The fourth-order valence-electron chi connectivity index (χ4n) is 4.03. The van der Waals surface area contributed by atoms with Crippen molar-refractivity contribution < 1.29 is 9.59 Å². The topological polar surface area (TPSA) is 101 Å². The highest BCUT2D eigenvalue weighted by Gasteiger charge is 2.26. The number of carbonyl (C=O) groups is 2. The summed E-state index contributed by atoms with van der Waals surface area (Å²) in [6.45, 7) is 1.45. The van der Waals surface area contributed by atoms with Gasteiger partial charge in [-0.2, -0.15) is 0 Å². The Bertz CT molecular complexity index is 1240. The molecule has 7 nitrogen and oxygen atoms in total. The number of benzene rings is 2. The lowest BCUT2D eigenvalue weighted by molar-refractivity contribution is -0.123. The van der Waals surface area contributed by atoms with E-state index in [1.807, 2.05) is 30.3 Å². The lowest BCUT2D eigenvalue weighted by Gasteiger charge is -2.30. The molecule has 0 spiro atoms. The van der Waals surface area contributed by atoms with Gasteiger partial charge in [-0.15, -0.1) is 0 Å². The summed E-state index contributed by atoms with van der Waals surface area (Å²) >= 11 is 5.42. The Morgan fingerprint density at radius 3 is 2.48 bits per heavy atom. The molecule has 2 heterocycles. The van der Waals surface area contributed by atoms with Gasteiger partial charge in [0.15, 0.2) is 4.77 Å². The third-order valence-corrected chi connectivity index (χ3v) is 6.20. The minimum atomic E-state index is -0.311. The van der Waals surface area contributed by atoms with Gasteiger partial charge in [0.25, 0.3) is 11.5 Å². The van der Waals surface area contributed by atoms with Crippen molar-refractivity contribution in [1.82, 2.24) is 14.5 Å². The largest absolute Gasteiger partial charge is 0.369 e. The SMILES string of the molecule is NC(=O)C1CCN(C(=O)c2ccc3c(=O)n(CCc4ccccc4)c(=S)[nH]c3c2)CC1. The molecule has 0 bridgehead atoms. The van der Waals surface area contributed by atoms with Crippen LogP contribution in [-0.4, -0.2) is 39.4 Å². The number of carbonyl (C=O) groups excluding carboxylic acids is 2. The Labute approximate surface area is 184 Å². The lowest BCUT2D eigenvalue weighted by atomic mass is 9.96. The molecule has 3 aromatic rings. The Balaban J connectivity index is 1.56. The summed E-state index contributed by atoms with van der Waals surface area (Å²) in [5.41, 5.74) is 7.36. The molecule has 1 fully saturated rings. The van der Waals surface area contributed by atoms with Crippen molar-refractivity contribution in [2.24, 2.45) is 11.7 Å². The highest BCUT2D eigenvalue weighted by molar-refractivity contribution is 7.71. The molecule has 1 aromatic heterocycles. The molecule has 0 saturated carbocycles. The predicted molar refractivity (Wildman–Crippen MR) is 121 cm³/mol. The quantitative estimate of drug-likeness (QED) is 0.601. The van der Waals surface area contributed by atoms with Crippen LogP contribution >= 0.6 is 12.2 Å². The molecule has 8 heteroatoms. The van der Waals surface area contributed by atoms with Gasteiger partial charge in [0, 0.05) is 31.1 Å². The molecule has 160 valence electrons. The van der Waals surface area contributed by atoms with Crippen LogP contribution < -0.4 is 11.3 Å². The lowest BCUT2D eigenvalue weighted by Crippen LogP contribution is -2.41. The van der Waals surface area contributed by atoms with Crippen LogP contribution in [0.2, 0.25) is 0 Å². The molecule has 3 N–H and O–H groups in total. The summed E-state index contributed by atoms with van der Waals surface area (Å²) in [7, 11) is 0. The van der Waals surface area contributed by atoms with Gasteiger partial charge in [-0.25, -0.2) is 0 Å². The molecule has 1 aliphatic rings. The van der Waals surface area contributed by atoms with E-state index in [0.29, 0.717) is 60.1 Å². The first-order valence-electron chi connectivity index (χ1n) is 10.3. The summed E-state index contributed by atoms with van der Waals surface area (Å²) in [4.78, 5) is 42.1. The average Bonchev–Trinajstić information content (AvgIpc) is 2.78. The zero-order valence-electron chi connectivity index (χ0n) is 17.0. The molecule has 2 aromatic carbocycles. The molecule has 2 amide bonds. The molecule has 1 aliphatic heterocycles. The second kappa shape index (κ2) is 8.85. The van der Waals surface area contributed by atoms with E-state index in [4.69, 9.17) is 18.0 Å². The van der Waals surface area contributed by atoms with Gasteiger partial charge in [0.05, 0.1) is 10.9 Å².